The predicted molar refractivity (Wildman–Crippen MR) is 57.5 cm³/mol. The zero-order valence-corrected chi connectivity index (χ0v) is 9.99. The third kappa shape index (κ3) is 3.40. The monoisotopic (exact) mass is 182 g/mol. The van der Waals surface area contributed by atoms with Crippen LogP contribution in [0.1, 0.15) is 41.5 Å². The smallest absolute Gasteiger partial charge is 0.0782 e. The standard InChI is InChI=1S/C12H22O/c1-10(2)8-9-11(3,4)12(5,6)13-7/h10H,1-7H3. The second kappa shape index (κ2) is 4.15. The molecule has 0 aromatic heterocycles. The molecule has 0 bridgehead atoms. The zero-order chi connectivity index (χ0) is 10.7. The van der Waals surface area contributed by atoms with Crippen LogP contribution in [0, 0.1) is 23.2 Å². The highest BCUT2D eigenvalue weighted by atomic mass is 16.5. The molecule has 0 aliphatic rings. The fourth-order valence-electron chi connectivity index (χ4n) is 0.730. The molecule has 1 nitrogen and oxygen atoms in total. The summed E-state index contributed by atoms with van der Waals surface area (Å²) in [5.74, 6) is 6.89. The minimum Gasteiger partial charge on any atom is -0.377 e. The molecule has 0 aliphatic heterocycles. The van der Waals surface area contributed by atoms with Crippen molar-refractivity contribution in [3.63, 3.8) is 0 Å². The van der Waals surface area contributed by atoms with E-state index in [4.69, 9.17) is 4.74 Å². The van der Waals surface area contributed by atoms with E-state index >= 15 is 0 Å². The quantitative estimate of drug-likeness (QED) is 0.596. The molecule has 0 amide bonds. The van der Waals surface area contributed by atoms with E-state index in [0.717, 1.165) is 0 Å². The van der Waals surface area contributed by atoms with Crippen molar-refractivity contribution in [1.82, 2.24) is 0 Å². The molecule has 0 aromatic carbocycles. The maximum atomic E-state index is 5.43. The molecule has 13 heavy (non-hydrogen) atoms. The van der Waals surface area contributed by atoms with E-state index in [0.29, 0.717) is 5.92 Å². The van der Waals surface area contributed by atoms with Crippen LogP contribution in [-0.4, -0.2) is 12.7 Å². The van der Waals surface area contributed by atoms with E-state index in [-0.39, 0.29) is 11.0 Å². The van der Waals surface area contributed by atoms with Crippen LogP contribution in [0.5, 0.6) is 0 Å². The SMILES string of the molecule is COC(C)(C)C(C)(C)C#CC(C)C. The summed E-state index contributed by atoms with van der Waals surface area (Å²) in [6, 6.07) is 0. The molecule has 0 rings (SSSR count). The average Bonchev–Trinajstić information content (AvgIpc) is 2.01. The topological polar surface area (TPSA) is 9.23 Å². The summed E-state index contributed by atoms with van der Waals surface area (Å²) >= 11 is 0. The van der Waals surface area contributed by atoms with Crippen molar-refractivity contribution in [3.05, 3.63) is 0 Å². The van der Waals surface area contributed by atoms with Gasteiger partial charge in [0, 0.05) is 13.0 Å². The number of rotatable bonds is 2. The first-order valence-electron chi connectivity index (χ1n) is 4.81. The van der Waals surface area contributed by atoms with Gasteiger partial charge in [-0.3, -0.25) is 0 Å². The van der Waals surface area contributed by atoms with Crippen molar-refractivity contribution in [2.45, 2.75) is 47.1 Å². The Balaban J connectivity index is 4.69. The van der Waals surface area contributed by atoms with Gasteiger partial charge in [0.05, 0.1) is 11.0 Å². The Kier molecular flexibility index (Phi) is 4.00. The highest BCUT2D eigenvalue weighted by Gasteiger charge is 2.35. The van der Waals surface area contributed by atoms with Gasteiger partial charge in [-0.05, 0) is 27.7 Å². The Labute approximate surface area is 82.9 Å². The highest BCUT2D eigenvalue weighted by molar-refractivity contribution is 5.15. The lowest BCUT2D eigenvalue weighted by Crippen LogP contribution is -2.39. The highest BCUT2D eigenvalue weighted by Crippen LogP contribution is 2.32. The van der Waals surface area contributed by atoms with E-state index in [9.17, 15) is 0 Å². The summed E-state index contributed by atoms with van der Waals surface area (Å²) in [6.45, 7) is 12.6. The van der Waals surface area contributed by atoms with Crippen LogP contribution in [-0.2, 0) is 4.74 Å². The minimum atomic E-state index is -0.200. The Morgan fingerprint density at radius 3 is 1.85 bits per heavy atom. The van der Waals surface area contributed by atoms with E-state index < -0.39 is 0 Å². The van der Waals surface area contributed by atoms with Crippen molar-refractivity contribution >= 4 is 0 Å². The van der Waals surface area contributed by atoms with Crippen molar-refractivity contribution in [2.24, 2.45) is 11.3 Å². The number of hydrogen-bond acceptors (Lipinski definition) is 1. The molecule has 0 radical (unpaired) electrons. The van der Waals surface area contributed by atoms with Gasteiger partial charge in [0.15, 0.2) is 0 Å². The summed E-state index contributed by atoms with van der Waals surface area (Å²) in [6.07, 6.45) is 0. The summed E-state index contributed by atoms with van der Waals surface area (Å²) < 4.78 is 5.43. The first kappa shape index (κ1) is 12.5. The molecule has 0 atom stereocenters. The van der Waals surface area contributed by atoms with Gasteiger partial charge >= 0.3 is 0 Å². The predicted octanol–water partition coefficient (Wildman–Crippen LogP) is 3.10. The van der Waals surface area contributed by atoms with Crippen molar-refractivity contribution in [1.29, 1.82) is 0 Å². The van der Waals surface area contributed by atoms with Crippen LogP contribution in [0.3, 0.4) is 0 Å². The molecular weight excluding hydrogens is 160 g/mol. The van der Waals surface area contributed by atoms with E-state index in [1.165, 1.54) is 0 Å². The minimum absolute atomic E-state index is 0.105. The van der Waals surface area contributed by atoms with Gasteiger partial charge in [-0.1, -0.05) is 25.7 Å². The summed E-state index contributed by atoms with van der Waals surface area (Å²) in [5.41, 5.74) is -0.305. The van der Waals surface area contributed by atoms with Crippen molar-refractivity contribution in [2.75, 3.05) is 7.11 Å². The van der Waals surface area contributed by atoms with Crippen molar-refractivity contribution < 1.29 is 4.74 Å². The van der Waals surface area contributed by atoms with Crippen LogP contribution < -0.4 is 0 Å². The summed E-state index contributed by atoms with van der Waals surface area (Å²) in [7, 11) is 1.73. The maximum absolute atomic E-state index is 5.43. The molecule has 0 N–H and O–H groups in total. The number of ether oxygens (including phenoxy) is 1. The fourth-order valence-corrected chi connectivity index (χ4v) is 0.730. The van der Waals surface area contributed by atoms with Gasteiger partial charge in [0.25, 0.3) is 0 Å². The molecule has 0 saturated carbocycles. The van der Waals surface area contributed by atoms with Crippen molar-refractivity contribution in [3.8, 4) is 11.8 Å². The van der Waals surface area contributed by atoms with Gasteiger partial charge in [-0.25, -0.2) is 0 Å². The molecule has 76 valence electrons. The van der Waals surface area contributed by atoms with Crippen LogP contribution in [0.4, 0.5) is 0 Å². The van der Waals surface area contributed by atoms with Crippen LogP contribution in [0.2, 0.25) is 0 Å². The molecule has 0 aliphatic carbocycles. The molecule has 0 fully saturated rings. The lowest BCUT2D eigenvalue weighted by Gasteiger charge is -2.36. The normalized spacial score (nSPS) is 12.6. The van der Waals surface area contributed by atoms with Gasteiger partial charge in [-0.15, -0.1) is 0 Å². The molecule has 1 heteroatoms. The van der Waals surface area contributed by atoms with Gasteiger partial charge in [0.1, 0.15) is 0 Å². The molecule has 0 spiro atoms. The Morgan fingerprint density at radius 2 is 1.54 bits per heavy atom. The van der Waals surface area contributed by atoms with Crippen LogP contribution >= 0.6 is 0 Å². The van der Waals surface area contributed by atoms with E-state index in [2.05, 4.69) is 53.4 Å². The lowest BCUT2D eigenvalue weighted by molar-refractivity contribution is -0.0443. The molecule has 0 saturated heterocycles. The lowest BCUT2D eigenvalue weighted by atomic mass is 9.77. The number of hydrogen-bond donors (Lipinski definition) is 0. The van der Waals surface area contributed by atoms with Crippen LogP contribution in [0.15, 0.2) is 0 Å². The molecule has 0 unspecified atom stereocenters. The third-order valence-corrected chi connectivity index (χ3v) is 2.69. The first-order chi connectivity index (χ1) is 5.73. The largest absolute Gasteiger partial charge is 0.377 e. The Morgan fingerprint density at radius 1 is 1.08 bits per heavy atom. The van der Waals surface area contributed by atoms with Gasteiger partial charge in [0.2, 0.25) is 0 Å². The Bertz CT molecular complexity index is 213. The zero-order valence-electron chi connectivity index (χ0n) is 9.99. The molecule has 0 heterocycles. The second-order valence-corrected chi connectivity index (χ2v) is 4.76. The summed E-state index contributed by atoms with van der Waals surface area (Å²) in [5, 5.41) is 0. The Hall–Kier alpha value is -0.480. The first-order valence-corrected chi connectivity index (χ1v) is 4.81. The second-order valence-electron chi connectivity index (χ2n) is 4.76. The van der Waals surface area contributed by atoms with Gasteiger partial charge in [-0.2, -0.15) is 0 Å². The maximum Gasteiger partial charge on any atom is 0.0782 e. The average molecular weight is 182 g/mol. The fraction of sp³-hybridized carbons (Fsp3) is 0.833. The van der Waals surface area contributed by atoms with Gasteiger partial charge < -0.3 is 4.74 Å². The third-order valence-electron chi connectivity index (χ3n) is 2.69. The molecule has 0 aromatic rings. The number of methoxy groups -OCH3 is 1. The molecular formula is C12H22O. The van der Waals surface area contributed by atoms with Crippen LogP contribution in [0.25, 0.3) is 0 Å². The van der Waals surface area contributed by atoms with E-state index in [1.54, 1.807) is 7.11 Å². The summed E-state index contributed by atoms with van der Waals surface area (Å²) in [4.78, 5) is 0. The van der Waals surface area contributed by atoms with E-state index in [1.807, 2.05) is 0 Å².